The van der Waals surface area contributed by atoms with Gasteiger partial charge in [-0.3, -0.25) is 4.98 Å². The summed E-state index contributed by atoms with van der Waals surface area (Å²) in [5.74, 6) is 1.36. The third-order valence-electron chi connectivity index (χ3n) is 3.35. The smallest absolute Gasteiger partial charge is 0.175 e. The third-order valence-corrected chi connectivity index (χ3v) is 3.94. The van der Waals surface area contributed by atoms with E-state index in [0.29, 0.717) is 24.7 Å². The lowest BCUT2D eigenvalue weighted by molar-refractivity contribution is 0.218. The van der Waals surface area contributed by atoms with Gasteiger partial charge >= 0.3 is 0 Å². The Balaban J connectivity index is 1.99. The number of fused-ring (bicyclic) bond motifs is 1. The van der Waals surface area contributed by atoms with E-state index in [2.05, 4.69) is 20.9 Å². The maximum absolute atomic E-state index is 10.6. The molecule has 0 saturated carbocycles. The average molecular weight is 350 g/mol. The highest BCUT2D eigenvalue weighted by molar-refractivity contribution is 9.10. The molecule has 1 unspecified atom stereocenters. The molecule has 5 heteroatoms. The molecule has 0 spiro atoms. The molecule has 1 aromatic heterocycles. The summed E-state index contributed by atoms with van der Waals surface area (Å²) in [5.41, 5.74) is 2.52. The van der Waals surface area contributed by atoms with E-state index in [1.54, 1.807) is 12.4 Å². The van der Waals surface area contributed by atoms with Gasteiger partial charge in [0.2, 0.25) is 0 Å². The molecule has 3 rings (SSSR count). The molecule has 0 bridgehead atoms. The summed E-state index contributed by atoms with van der Waals surface area (Å²) < 4.78 is 12.2. The number of halogens is 1. The first-order chi connectivity index (χ1) is 10.1. The molecule has 1 aromatic carbocycles. The fourth-order valence-corrected chi connectivity index (χ4v) is 2.90. The van der Waals surface area contributed by atoms with Crippen LogP contribution in [-0.2, 0) is 0 Å². The lowest BCUT2D eigenvalue weighted by Crippen LogP contribution is -2.02. The van der Waals surface area contributed by atoms with Gasteiger partial charge < -0.3 is 14.6 Å². The summed E-state index contributed by atoms with van der Waals surface area (Å²) in [7, 11) is 0. The van der Waals surface area contributed by atoms with E-state index in [0.717, 1.165) is 27.6 Å². The summed E-state index contributed by atoms with van der Waals surface area (Å²) in [6, 6.07) is 5.62. The van der Waals surface area contributed by atoms with Crippen molar-refractivity contribution < 1.29 is 14.6 Å². The first-order valence-electron chi connectivity index (χ1n) is 6.84. The number of aryl methyl sites for hydroxylation is 1. The van der Waals surface area contributed by atoms with Gasteiger partial charge in [0.15, 0.2) is 11.5 Å². The molecule has 110 valence electrons. The fraction of sp³-hybridized carbons (Fsp3) is 0.312. The predicted octanol–water partition coefficient (Wildman–Crippen LogP) is 3.40. The van der Waals surface area contributed by atoms with Crippen LogP contribution in [0, 0.1) is 6.92 Å². The van der Waals surface area contributed by atoms with Crippen LogP contribution in [0.4, 0.5) is 0 Å². The zero-order chi connectivity index (χ0) is 14.8. The summed E-state index contributed by atoms with van der Waals surface area (Å²) in [6.45, 7) is 3.20. The van der Waals surface area contributed by atoms with E-state index in [-0.39, 0.29) is 0 Å². The van der Waals surface area contributed by atoms with Gasteiger partial charge in [-0.1, -0.05) is 6.07 Å². The van der Waals surface area contributed by atoms with Crippen LogP contribution in [0.2, 0.25) is 0 Å². The Morgan fingerprint density at radius 2 is 1.95 bits per heavy atom. The number of hydrogen-bond acceptors (Lipinski definition) is 4. The molecule has 21 heavy (non-hydrogen) atoms. The van der Waals surface area contributed by atoms with Crippen LogP contribution in [0.1, 0.15) is 29.2 Å². The third kappa shape index (κ3) is 3.04. The Kier molecular flexibility index (Phi) is 4.12. The molecule has 1 N–H and O–H groups in total. The minimum atomic E-state index is -0.745. The minimum Gasteiger partial charge on any atom is -0.490 e. The van der Waals surface area contributed by atoms with Crippen molar-refractivity contribution >= 4 is 15.9 Å². The molecule has 2 aromatic rings. The number of benzene rings is 1. The minimum absolute atomic E-state index is 0.616. The van der Waals surface area contributed by atoms with E-state index < -0.39 is 6.10 Å². The topological polar surface area (TPSA) is 51.6 Å². The Hall–Kier alpha value is -1.59. The second-order valence-corrected chi connectivity index (χ2v) is 5.93. The largest absolute Gasteiger partial charge is 0.490 e. The maximum atomic E-state index is 10.6. The van der Waals surface area contributed by atoms with Crippen molar-refractivity contribution in [2.45, 2.75) is 19.4 Å². The van der Waals surface area contributed by atoms with Crippen molar-refractivity contribution in [3.8, 4) is 11.5 Å². The van der Waals surface area contributed by atoms with Crippen LogP contribution < -0.4 is 9.47 Å². The van der Waals surface area contributed by atoms with Crippen molar-refractivity contribution in [1.29, 1.82) is 0 Å². The van der Waals surface area contributed by atoms with Crippen LogP contribution in [0.15, 0.2) is 35.1 Å². The van der Waals surface area contributed by atoms with Crippen LogP contribution in [-0.4, -0.2) is 23.3 Å². The lowest BCUT2D eigenvalue weighted by Gasteiger charge is -2.16. The van der Waals surface area contributed by atoms with E-state index in [1.807, 2.05) is 25.1 Å². The quantitative estimate of drug-likeness (QED) is 0.902. The standard InChI is InChI=1S/C16H16BrNO3/c1-10-5-12(9-18-8-10)15(19)11-6-13(17)16-14(7-11)20-3-2-4-21-16/h5-9,15,19H,2-4H2,1H3. The van der Waals surface area contributed by atoms with E-state index in [4.69, 9.17) is 9.47 Å². The molecular formula is C16H16BrNO3. The molecule has 1 atom stereocenters. The summed E-state index contributed by atoms with van der Waals surface area (Å²) in [4.78, 5) is 4.13. The van der Waals surface area contributed by atoms with Gasteiger partial charge in [-0.25, -0.2) is 0 Å². The predicted molar refractivity (Wildman–Crippen MR) is 82.8 cm³/mol. The number of aliphatic hydroxyl groups is 1. The van der Waals surface area contributed by atoms with Crippen LogP contribution in [0.25, 0.3) is 0 Å². The Labute approximate surface area is 131 Å². The highest BCUT2D eigenvalue weighted by Gasteiger charge is 2.19. The number of rotatable bonds is 2. The molecule has 0 fully saturated rings. The van der Waals surface area contributed by atoms with Crippen molar-refractivity contribution in [3.05, 3.63) is 51.8 Å². The van der Waals surface area contributed by atoms with E-state index >= 15 is 0 Å². The normalized spacial score (nSPS) is 15.4. The highest BCUT2D eigenvalue weighted by Crippen LogP contribution is 2.40. The molecular weight excluding hydrogens is 334 g/mol. The first-order valence-corrected chi connectivity index (χ1v) is 7.63. The molecule has 0 amide bonds. The lowest BCUT2D eigenvalue weighted by atomic mass is 10.0. The maximum Gasteiger partial charge on any atom is 0.175 e. The Bertz CT molecular complexity index is 660. The molecule has 0 radical (unpaired) electrons. The van der Waals surface area contributed by atoms with Crippen molar-refractivity contribution in [3.63, 3.8) is 0 Å². The van der Waals surface area contributed by atoms with E-state index in [1.165, 1.54) is 0 Å². The average Bonchev–Trinajstić information content (AvgIpc) is 2.72. The molecule has 0 saturated heterocycles. The van der Waals surface area contributed by atoms with Gasteiger partial charge in [0.1, 0.15) is 6.10 Å². The van der Waals surface area contributed by atoms with Crippen molar-refractivity contribution in [1.82, 2.24) is 4.98 Å². The second kappa shape index (κ2) is 6.03. The number of aliphatic hydroxyl groups excluding tert-OH is 1. The van der Waals surface area contributed by atoms with Gasteiger partial charge in [0.25, 0.3) is 0 Å². The van der Waals surface area contributed by atoms with Gasteiger partial charge in [-0.2, -0.15) is 0 Å². The molecule has 0 aliphatic carbocycles. The Morgan fingerprint density at radius 1 is 1.14 bits per heavy atom. The fourth-order valence-electron chi connectivity index (χ4n) is 2.33. The molecule has 1 aliphatic heterocycles. The van der Waals surface area contributed by atoms with Gasteiger partial charge in [-0.15, -0.1) is 0 Å². The Morgan fingerprint density at radius 3 is 2.76 bits per heavy atom. The first kappa shape index (κ1) is 14.4. The van der Waals surface area contributed by atoms with Gasteiger partial charge in [0.05, 0.1) is 17.7 Å². The highest BCUT2D eigenvalue weighted by atomic mass is 79.9. The van der Waals surface area contributed by atoms with Gasteiger partial charge in [-0.05, 0) is 46.1 Å². The zero-order valence-corrected chi connectivity index (χ0v) is 13.3. The number of ether oxygens (including phenoxy) is 2. The van der Waals surface area contributed by atoms with Gasteiger partial charge in [0, 0.05) is 24.4 Å². The number of aromatic nitrogens is 1. The molecule has 4 nitrogen and oxygen atoms in total. The number of nitrogens with zero attached hydrogens (tertiary/aromatic N) is 1. The SMILES string of the molecule is Cc1cncc(C(O)c2cc(Br)c3c(c2)OCCCO3)c1. The summed E-state index contributed by atoms with van der Waals surface area (Å²) in [6.07, 6.45) is 3.54. The van der Waals surface area contributed by atoms with Crippen LogP contribution in [0.3, 0.4) is 0 Å². The van der Waals surface area contributed by atoms with Crippen molar-refractivity contribution in [2.75, 3.05) is 13.2 Å². The van der Waals surface area contributed by atoms with E-state index in [9.17, 15) is 5.11 Å². The number of pyridine rings is 1. The summed E-state index contributed by atoms with van der Waals surface area (Å²) in [5, 5.41) is 10.6. The summed E-state index contributed by atoms with van der Waals surface area (Å²) >= 11 is 3.49. The second-order valence-electron chi connectivity index (χ2n) is 5.08. The molecule has 1 aliphatic rings. The van der Waals surface area contributed by atoms with Crippen molar-refractivity contribution in [2.24, 2.45) is 0 Å². The monoisotopic (exact) mass is 349 g/mol. The number of hydrogen-bond donors (Lipinski definition) is 1. The molecule has 2 heterocycles. The van der Waals surface area contributed by atoms with Crippen LogP contribution in [0.5, 0.6) is 11.5 Å². The zero-order valence-electron chi connectivity index (χ0n) is 11.7. The van der Waals surface area contributed by atoms with Crippen LogP contribution >= 0.6 is 15.9 Å².